The highest BCUT2D eigenvalue weighted by atomic mass is 16.6. The van der Waals surface area contributed by atoms with Crippen molar-refractivity contribution in [3.63, 3.8) is 0 Å². The Bertz CT molecular complexity index is 230. The average molecular weight is 137 g/mol. The number of aromatic nitrogens is 1. The predicted molar refractivity (Wildman–Crippen MR) is 32.6 cm³/mol. The molecule has 51 valence electrons. The van der Waals surface area contributed by atoms with Gasteiger partial charge in [-0.15, -0.1) is 0 Å². The van der Waals surface area contributed by atoms with Gasteiger partial charge in [-0.3, -0.25) is 0 Å². The maximum Gasteiger partial charge on any atom is 0.131 e. The van der Waals surface area contributed by atoms with Gasteiger partial charge >= 0.3 is 0 Å². The Morgan fingerprint density at radius 2 is 2.70 bits per heavy atom. The van der Waals surface area contributed by atoms with Crippen molar-refractivity contribution >= 4 is 6.21 Å². The van der Waals surface area contributed by atoms with Crippen LogP contribution in [0.3, 0.4) is 0 Å². The minimum absolute atomic E-state index is 0.0544. The van der Waals surface area contributed by atoms with Crippen molar-refractivity contribution in [2.45, 2.75) is 5.92 Å². The Hall–Kier alpha value is -1.32. The third kappa shape index (κ3) is 0.775. The van der Waals surface area contributed by atoms with Crippen LogP contribution < -0.4 is 0 Å². The van der Waals surface area contributed by atoms with E-state index in [1.54, 1.807) is 6.07 Å². The molecular formula is C6H5N2O2. The van der Waals surface area contributed by atoms with Crippen molar-refractivity contribution in [2.75, 3.05) is 6.61 Å². The first-order valence-electron chi connectivity index (χ1n) is 2.94. The molecule has 2 rings (SSSR count). The molecule has 0 aliphatic carbocycles. The lowest BCUT2D eigenvalue weighted by molar-refractivity contribution is 0.165. The van der Waals surface area contributed by atoms with Gasteiger partial charge in [0, 0.05) is 6.07 Å². The summed E-state index contributed by atoms with van der Waals surface area (Å²) in [6.07, 6.45) is 4.26. The summed E-state index contributed by atoms with van der Waals surface area (Å²) < 4.78 is 4.64. The van der Waals surface area contributed by atoms with Crippen LogP contribution in [0.4, 0.5) is 0 Å². The van der Waals surface area contributed by atoms with Crippen LogP contribution in [-0.2, 0) is 4.84 Å². The van der Waals surface area contributed by atoms with Crippen molar-refractivity contribution in [2.24, 2.45) is 5.16 Å². The highest BCUT2D eigenvalue weighted by Crippen LogP contribution is 2.15. The van der Waals surface area contributed by atoms with Crippen molar-refractivity contribution in [3.8, 4) is 0 Å². The monoisotopic (exact) mass is 137 g/mol. The fourth-order valence-corrected chi connectivity index (χ4v) is 0.803. The SMILES string of the molecule is [C]1=NOCC1c1ccon1. The van der Waals surface area contributed by atoms with Crippen molar-refractivity contribution in [1.82, 2.24) is 5.16 Å². The Labute approximate surface area is 57.4 Å². The van der Waals surface area contributed by atoms with Gasteiger partial charge in [-0.1, -0.05) is 10.3 Å². The van der Waals surface area contributed by atoms with Crippen LogP contribution in [0.25, 0.3) is 0 Å². The lowest BCUT2D eigenvalue weighted by Gasteiger charge is -1.94. The average Bonchev–Trinajstić information content (AvgIpc) is 2.59. The van der Waals surface area contributed by atoms with Crippen LogP contribution in [0, 0.1) is 0 Å². The molecule has 4 nitrogen and oxygen atoms in total. The molecule has 0 bridgehead atoms. The second-order valence-electron chi connectivity index (χ2n) is 1.99. The summed E-state index contributed by atoms with van der Waals surface area (Å²) in [5.74, 6) is 0.0544. The Balaban J connectivity index is 2.20. The van der Waals surface area contributed by atoms with E-state index in [0.717, 1.165) is 5.69 Å². The fourth-order valence-electron chi connectivity index (χ4n) is 0.803. The molecule has 0 saturated carbocycles. The third-order valence-electron chi connectivity index (χ3n) is 1.33. The molecule has 4 heteroatoms. The summed E-state index contributed by atoms with van der Waals surface area (Å²) in [6.45, 7) is 0.520. The van der Waals surface area contributed by atoms with Crippen LogP contribution in [0.2, 0.25) is 0 Å². The van der Waals surface area contributed by atoms with Gasteiger partial charge in [0.1, 0.15) is 19.1 Å². The van der Waals surface area contributed by atoms with Crippen molar-refractivity contribution in [1.29, 1.82) is 0 Å². The molecule has 0 N–H and O–H groups in total. The molecule has 1 aliphatic heterocycles. The van der Waals surface area contributed by atoms with E-state index in [9.17, 15) is 0 Å². The molecule has 1 radical (unpaired) electrons. The van der Waals surface area contributed by atoms with Crippen LogP contribution in [-0.4, -0.2) is 18.0 Å². The highest BCUT2D eigenvalue weighted by molar-refractivity contribution is 5.67. The molecule has 0 spiro atoms. The third-order valence-corrected chi connectivity index (χ3v) is 1.33. The van der Waals surface area contributed by atoms with E-state index in [0.29, 0.717) is 6.61 Å². The molecule has 1 aromatic rings. The van der Waals surface area contributed by atoms with Crippen LogP contribution >= 0.6 is 0 Å². The normalized spacial score (nSPS) is 23.0. The molecule has 1 atom stereocenters. The molecule has 1 aliphatic rings. The van der Waals surface area contributed by atoms with Crippen LogP contribution in [0.1, 0.15) is 11.6 Å². The van der Waals surface area contributed by atoms with Gasteiger partial charge in [0.05, 0.1) is 11.6 Å². The molecular weight excluding hydrogens is 132 g/mol. The smallest absolute Gasteiger partial charge is 0.131 e. The van der Waals surface area contributed by atoms with E-state index >= 15 is 0 Å². The molecule has 0 amide bonds. The summed E-state index contributed by atoms with van der Waals surface area (Å²) in [4.78, 5) is 4.71. The van der Waals surface area contributed by atoms with E-state index < -0.39 is 0 Å². The van der Waals surface area contributed by atoms with Crippen LogP contribution in [0.5, 0.6) is 0 Å². The summed E-state index contributed by atoms with van der Waals surface area (Å²) in [5, 5.41) is 7.21. The quantitative estimate of drug-likeness (QED) is 0.571. The van der Waals surface area contributed by atoms with Gasteiger partial charge in [0.15, 0.2) is 0 Å². The zero-order valence-corrected chi connectivity index (χ0v) is 5.15. The zero-order chi connectivity index (χ0) is 6.81. The standard InChI is InChI=1S/C6H5N2O2/c1-2-9-8-6(1)5-3-7-10-4-5/h1-2,5H,4H2. The second-order valence-corrected chi connectivity index (χ2v) is 1.99. The van der Waals surface area contributed by atoms with Crippen LogP contribution in [0.15, 0.2) is 22.0 Å². The maximum atomic E-state index is 4.71. The molecule has 0 aromatic carbocycles. The summed E-state index contributed by atoms with van der Waals surface area (Å²) >= 11 is 0. The minimum Gasteiger partial charge on any atom is -0.394 e. The topological polar surface area (TPSA) is 47.6 Å². The fraction of sp³-hybridized carbons (Fsp3) is 0.333. The molecule has 1 aromatic heterocycles. The van der Waals surface area contributed by atoms with Gasteiger partial charge in [0.25, 0.3) is 0 Å². The predicted octanol–water partition coefficient (Wildman–Crippen LogP) is 0.651. The van der Waals surface area contributed by atoms with E-state index in [-0.39, 0.29) is 5.92 Å². The van der Waals surface area contributed by atoms with E-state index in [2.05, 4.69) is 21.1 Å². The van der Waals surface area contributed by atoms with Crippen molar-refractivity contribution < 1.29 is 9.36 Å². The molecule has 2 heterocycles. The summed E-state index contributed by atoms with van der Waals surface area (Å²) in [7, 11) is 0. The summed E-state index contributed by atoms with van der Waals surface area (Å²) in [6, 6.07) is 1.78. The first-order valence-corrected chi connectivity index (χ1v) is 2.94. The van der Waals surface area contributed by atoms with E-state index in [1.165, 1.54) is 6.26 Å². The van der Waals surface area contributed by atoms with Gasteiger partial charge in [-0.25, -0.2) is 0 Å². The highest BCUT2D eigenvalue weighted by Gasteiger charge is 2.17. The Morgan fingerprint density at radius 1 is 1.70 bits per heavy atom. The van der Waals surface area contributed by atoms with E-state index in [1.807, 2.05) is 0 Å². The molecule has 0 saturated heterocycles. The zero-order valence-electron chi connectivity index (χ0n) is 5.15. The summed E-state index contributed by atoms with van der Waals surface area (Å²) in [5.41, 5.74) is 0.821. The number of hydrogen-bond acceptors (Lipinski definition) is 4. The number of hydrogen-bond donors (Lipinski definition) is 0. The number of rotatable bonds is 1. The van der Waals surface area contributed by atoms with Gasteiger partial charge in [0.2, 0.25) is 0 Å². The first-order chi connectivity index (χ1) is 4.97. The minimum atomic E-state index is 0.0544. The lowest BCUT2D eigenvalue weighted by Crippen LogP contribution is -2.00. The van der Waals surface area contributed by atoms with Gasteiger partial charge < -0.3 is 9.36 Å². The molecule has 0 fully saturated rings. The van der Waals surface area contributed by atoms with Crippen molar-refractivity contribution in [3.05, 3.63) is 18.0 Å². The molecule has 1 unspecified atom stereocenters. The van der Waals surface area contributed by atoms with E-state index in [4.69, 9.17) is 4.84 Å². The first kappa shape index (κ1) is 5.46. The van der Waals surface area contributed by atoms with Gasteiger partial charge in [-0.2, -0.15) is 0 Å². The molecule has 10 heavy (non-hydrogen) atoms. The number of nitrogens with zero attached hydrogens (tertiary/aromatic N) is 2. The Morgan fingerprint density at radius 3 is 3.30 bits per heavy atom. The second kappa shape index (κ2) is 2.13. The maximum absolute atomic E-state index is 4.71. The largest absolute Gasteiger partial charge is 0.394 e. The lowest BCUT2D eigenvalue weighted by atomic mass is 10.1. The van der Waals surface area contributed by atoms with Gasteiger partial charge in [-0.05, 0) is 0 Å². The Kier molecular flexibility index (Phi) is 1.16.